The van der Waals surface area contributed by atoms with Gasteiger partial charge in [-0.2, -0.15) is 0 Å². The van der Waals surface area contributed by atoms with Gasteiger partial charge in [0.05, 0.1) is 6.54 Å². The molecule has 29 heavy (non-hydrogen) atoms. The van der Waals surface area contributed by atoms with E-state index in [1.165, 1.54) is 11.1 Å². The first-order valence-electron chi connectivity index (χ1n) is 5.99. The molecule has 1 aromatic rings. The maximum atomic E-state index is 9.10. The fraction of sp³-hybridized carbons (Fsp3) is 0.214. The fourth-order valence-electron chi connectivity index (χ4n) is 1.47. The number of carbonyl (C=O) groups is 2. The largest absolute Gasteiger partial charge is 0.473 e. The predicted octanol–water partition coefficient (Wildman–Crippen LogP) is 4.96. The highest BCUT2D eigenvalue weighted by Crippen LogP contribution is 2.08. The number of aliphatic imine (C=N–C) groups is 1. The van der Waals surface area contributed by atoms with Crippen LogP contribution in [0.4, 0.5) is 0 Å². The monoisotopic (exact) mass is 600 g/mol. The van der Waals surface area contributed by atoms with E-state index in [0.29, 0.717) is 0 Å². The van der Waals surface area contributed by atoms with Gasteiger partial charge in [0.15, 0.2) is 0 Å². The Hall–Kier alpha value is -0.0200. The number of hydrogen-bond donors (Lipinski definition) is 3. The lowest BCUT2D eigenvalue weighted by Gasteiger charge is -1.98. The molecule has 178 valence electrons. The topological polar surface area (TPSA) is 99.0 Å². The van der Waals surface area contributed by atoms with E-state index in [-0.39, 0.29) is 112 Å². The second kappa shape index (κ2) is 32.6. The first-order valence-corrected chi connectivity index (χ1v) is 5.99. The summed E-state index contributed by atoms with van der Waals surface area (Å²) >= 11 is 0. The van der Waals surface area contributed by atoms with Gasteiger partial charge in [0.2, 0.25) is 0 Å². The van der Waals surface area contributed by atoms with Crippen LogP contribution in [0.5, 0.6) is 0 Å². The van der Waals surface area contributed by atoms with E-state index in [1.807, 2.05) is 6.08 Å². The average Bonchev–Trinajstić information content (AvgIpc) is 2.91. The highest BCUT2D eigenvalue weighted by molar-refractivity contribution is 6.27. The molecule has 1 aliphatic heterocycles. The molecule has 6 nitrogen and oxygen atoms in total. The van der Waals surface area contributed by atoms with Gasteiger partial charge in [0.25, 0.3) is 0 Å². The summed E-state index contributed by atoms with van der Waals surface area (Å²) in [7, 11) is 0. The number of nitrogens with zero attached hydrogens (tertiary/aromatic N) is 1. The third-order valence-corrected chi connectivity index (χ3v) is 2.49. The van der Waals surface area contributed by atoms with Gasteiger partial charge in [-0.3, -0.25) is 4.99 Å². The molecule has 3 N–H and O–H groups in total. The Morgan fingerprint density at radius 3 is 1.66 bits per heavy atom. The summed E-state index contributed by atoms with van der Waals surface area (Å²) in [5, 5.41) is 18.0. The van der Waals surface area contributed by atoms with Crippen molar-refractivity contribution in [3.8, 4) is 0 Å². The highest BCUT2D eigenvalue weighted by atomic mass is 35.5. The van der Waals surface area contributed by atoms with Crippen molar-refractivity contribution < 1.29 is 19.8 Å². The van der Waals surface area contributed by atoms with Crippen LogP contribution in [0.1, 0.15) is 11.1 Å². The van der Waals surface area contributed by atoms with Crippen molar-refractivity contribution in [3.63, 3.8) is 0 Å². The van der Waals surface area contributed by atoms with E-state index in [9.17, 15) is 0 Å². The summed E-state index contributed by atoms with van der Waals surface area (Å²) in [4.78, 5) is 22.5. The second-order valence-corrected chi connectivity index (χ2v) is 3.99. The minimum absolute atomic E-state index is 0. The predicted molar refractivity (Wildman–Crippen MR) is 141 cm³/mol. The Kier molecular flexibility index (Phi) is 64.0. The molecular formula is C14H25Cl9N2O4. The molecule has 1 heterocycles. The Morgan fingerprint density at radius 2 is 1.31 bits per heavy atom. The molecule has 15 heteroatoms. The van der Waals surface area contributed by atoms with Crippen LogP contribution < -0.4 is 5.32 Å². The quantitative estimate of drug-likeness (QED) is 0.415. The van der Waals surface area contributed by atoms with Gasteiger partial charge in [-0.15, -0.1) is 112 Å². The molecule has 0 saturated carbocycles. The molecular weight excluding hydrogens is 579 g/mol. The van der Waals surface area contributed by atoms with Crippen molar-refractivity contribution in [3.05, 3.63) is 41.5 Å². The van der Waals surface area contributed by atoms with Crippen LogP contribution >= 0.6 is 112 Å². The number of carboxylic acid groups (broad SMARTS) is 2. The number of hydrogen-bond acceptors (Lipinski definition) is 4. The van der Waals surface area contributed by atoms with Gasteiger partial charge in [-0.1, -0.05) is 30.3 Å². The van der Waals surface area contributed by atoms with E-state index in [1.54, 1.807) is 0 Å². The van der Waals surface area contributed by atoms with E-state index < -0.39 is 11.9 Å². The van der Waals surface area contributed by atoms with Gasteiger partial charge in [-0.25, -0.2) is 9.59 Å². The summed E-state index contributed by atoms with van der Waals surface area (Å²) in [6.45, 7) is 3.98. The Balaban J connectivity index is -0.0000000348. The molecule has 0 radical (unpaired) electrons. The standard InChI is InChI=1S/C12H14N2.C2H2O4.9ClH/c1-10-4-2-3-5-11(10)6-7-12-13-8-9-14-12;3-1(4)2(5)6;;;;;;;;;/h2-7H,8-9H2,1H3,(H,13,14);(H,3,4)(H,5,6);9*1H. The zero-order valence-electron chi connectivity index (χ0n) is 14.7. The zero-order valence-corrected chi connectivity index (χ0v) is 22.1. The molecule has 0 amide bonds. The van der Waals surface area contributed by atoms with Crippen molar-refractivity contribution in [1.29, 1.82) is 0 Å². The number of halogens is 9. The number of rotatable bonds is 2. The van der Waals surface area contributed by atoms with Gasteiger partial charge in [0, 0.05) is 6.54 Å². The van der Waals surface area contributed by atoms with Gasteiger partial charge in [0.1, 0.15) is 5.84 Å². The highest BCUT2D eigenvalue weighted by Gasteiger charge is 2.04. The van der Waals surface area contributed by atoms with Gasteiger partial charge < -0.3 is 15.5 Å². The number of amidine groups is 1. The molecule has 0 saturated heterocycles. The Labute approximate surface area is 225 Å². The summed E-state index contributed by atoms with van der Waals surface area (Å²) in [6.07, 6.45) is 4.14. The first kappa shape index (κ1) is 56.8. The molecule has 0 unspecified atom stereocenters. The minimum atomic E-state index is -1.82. The van der Waals surface area contributed by atoms with Crippen molar-refractivity contribution in [1.82, 2.24) is 5.32 Å². The van der Waals surface area contributed by atoms with Crippen molar-refractivity contribution in [2.45, 2.75) is 6.92 Å². The van der Waals surface area contributed by atoms with Crippen LogP contribution in [0, 0.1) is 6.92 Å². The third kappa shape index (κ3) is 25.9. The van der Waals surface area contributed by atoms with Crippen molar-refractivity contribution in [2.24, 2.45) is 4.99 Å². The van der Waals surface area contributed by atoms with E-state index >= 15 is 0 Å². The fourth-order valence-corrected chi connectivity index (χ4v) is 1.47. The zero-order chi connectivity index (χ0) is 15.0. The van der Waals surface area contributed by atoms with Gasteiger partial charge in [-0.05, 0) is 24.1 Å². The number of nitrogens with one attached hydrogen (secondary N) is 1. The molecule has 0 bridgehead atoms. The molecule has 0 aromatic heterocycles. The van der Waals surface area contributed by atoms with Crippen LogP contribution in [-0.4, -0.2) is 41.1 Å². The van der Waals surface area contributed by atoms with Crippen LogP contribution in [0.25, 0.3) is 6.08 Å². The lowest BCUT2D eigenvalue weighted by atomic mass is 10.1. The minimum Gasteiger partial charge on any atom is -0.473 e. The number of carboxylic acids is 2. The Bertz CT molecular complexity index is 564. The van der Waals surface area contributed by atoms with E-state index in [0.717, 1.165) is 18.9 Å². The molecule has 1 aromatic carbocycles. The molecule has 1 aliphatic rings. The van der Waals surface area contributed by atoms with Gasteiger partial charge >= 0.3 is 11.9 Å². The maximum Gasteiger partial charge on any atom is 0.414 e. The summed E-state index contributed by atoms with van der Waals surface area (Å²) in [5.41, 5.74) is 2.55. The normalized spacial score (nSPS) is 9.07. The van der Waals surface area contributed by atoms with Crippen molar-refractivity contribution in [2.75, 3.05) is 13.1 Å². The smallest absolute Gasteiger partial charge is 0.414 e. The second-order valence-electron chi connectivity index (χ2n) is 3.99. The summed E-state index contributed by atoms with van der Waals surface area (Å²) in [6, 6.07) is 8.33. The lowest BCUT2D eigenvalue weighted by molar-refractivity contribution is -0.159. The average molecular weight is 604 g/mol. The van der Waals surface area contributed by atoms with Crippen LogP contribution in [-0.2, 0) is 9.59 Å². The van der Waals surface area contributed by atoms with Crippen LogP contribution in [0.2, 0.25) is 0 Å². The number of aliphatic carboxylic acids is 2. The van der Waals surface area contributed by atoms with Crippen LogP contribution in [0.3, 0.4) is 0 Å². The number of aryl methyl sites for hydroxylation is 1. The third-order valence-electron chi connectivity index (χ3n) is 2.49. The first-order chi connectivity index (χ1) is 9.50. The molecule has 0 aliphatic carbocycles. The molecule has 0 fully saturated rings. The molecule has 2 rings (SSSR count). The number of benzene rings is 1. The Morgan fingerprint density at radius 1 is 0.862 bits per heavy atom. The summed E-state index contributed by atoms with van der Waals surface area (Å²) in [5.74, 6) is -2.65. The molecule has 0 spiro atoms. The van der Waals surface area contributed by atoms with E-state index in [2.05, 4.69) is 47.6 Å². The summed E-state index contributed by atoms with van der Waals surface area (Å²) < 4.78 is 0. The van der Waals surface area contributed by atoms with E-state index in [4.69, 9.17) is 19.8 Å². The van der Waals surface area contributed by atoms with Crippen LogP contribution in [0.15, 0.2) is 35.3 Å². The SMILES string of the molecule is Cc1ccccc1C=CC1=NCCN1.Cl.Cl.Cl.Cl.Cl.Cl.Cl.Cl.Cl.O=C(O)C(=O)O. The van der Waals surface area contributed by atoms with Crippen molar-refractivity contribution >= 4 is 136 Å². The lowest BCUT2D eigenvalue weighted by Crippen LogP contribution is -2.15. The maximum absolute atomic E-state index is 9.10. The molecule has 0 atom stereocenters.